The molecule has 2 heteroatoms. The maximum absolute atomic E-state index is 13.3. The number of rotatable bonds is 1. The van der Waals surface area contributed by atoms with Crippen molar-refractivity contribution in [1.82, 2.24) is 4.57 Å². The Morgan fingerprint density at radius 2 is 1.53 bits per heavy atom. The highest BCUT2D eigenvalue weighted by Gasteiger charge is 2.05. The van der Waals surface area contributed by atoms with E-state index in [0.29, 0.717) is 0 Å². The van der Waals surface area contributed by atoms with Crippen LogP contribution in [0.15, 0.2) is 30.3 Å². The Balaban J connectivity index is 2.63. The molecule has 1 aromatic heterocycles. The first kappa shape index (κ1) is 9.97. The number of hydrogen-bond donors (Lipinski definition) is 0. The Labute approximate surface area is 89.2 Å². The fourth-order valence-corrected chi connectivity index (χ4v) is 1.92. The Hall–Kier alpha value is -1.57. The molecule has 0 atom stereocenters. The summed E-state index contributed by atoms with van der Waals surface area (Å²) in [5, 5.41) is 0. The second kappa shape index (κ2) is 3.54. The highest BCUT2D eigenvalue weighted by atomic mass is 19.1. The molecule has 0 aliphatic heterocycles. The van der Waals surface area contributed by atoms with Crippen LogP contribution in [0.1, 0.15) is 17.0 Å². The van der Waals surface area contributed by atoms with E-state index in [9.17, 15) is 4.39 Å². The van der Waals surface area contributed by atoms with Crippen LogP contribution >= 0.6 is 0 Å². The van der Waals surface area contributed by atoms with Gasteiger partial charge in [0.1, 0.15) is 5.82 Å². The highest BCUT2D eigenvalue weighted by Crippen LogP contribution is 2.18. The van der Waals surface area contributed by atoms with E-state index in [1.165, 1.54) is 6.07 Å². The van der Waals surface area contributed by atoms with Crippen molar-refractivity contribution in [2.75, 3.05) is 0 Å². The van der Waals surface area contributed by atoms with Crippen LogP contribution < -0.4 is 0 Å². The second-order valence-electron chi connectivity index (χ2n) is 3.94. The van der Waals surface area contributed by atoms with Gasteiger partial charge < -0.3 is 4.57 Å². The summed E-state index contributed by atoms with van der Waals surface area (Å²) in [6.45, 7) is 5.95. The lowest BCUT2D eigenvalue weighted by molar-refractivity contribution is 0.625. The predicted molar refractivity (Wildman–Crippen MR) is 59.9 cm³/mol. The summed E-state index contributed by atoms with van der Waals surface area (Å²) < 4.78 is 15.3. The quantitative estimate of drug-likeness (QED) is 0.668. The average Bonchev–Trinajstić information content (AvgIpc) is 2.44. The van der Waals surface area contributed by atoms with E-state index >= 15 is 0 Å². The van der Waals surface area contributed by atoms with Gasteiger partial charge in [0.2, 0.25) is 0 Å². The first-order valence-corrected chi connectivity index (χ1v) is 5.00. The van der Waals surface area contributed by atoms with Gasteiger partial charge in [-0.05, 0) is 56.7 Å². The average molecular weight is 203 g/mol. The van der Waals surface area contributed by atoms with E-state index < -0.39 is 0 Å². The van der Waals surface area contributed by atoms with Gasteiger partial charge in [-0.2, -0.15) is 0 Å². The normalized spacial score (nSPS) is 10.7. The maximum Gasteiger partial charge on any atom is 0.125 e. The molecule has 1 aromatic carbocycles. The zero-order valence-corrected chi connectivity index (χ0v) is 9.21. The minimum absolute atomic E-state index is 0.183. The van der Waals surface area contributed by atoms with Gasteiger partial charge >= 0.3 is 0 Å². The molecule has 78 valence electrons. The van der Waals surface area contributed by atoms with Crippen LogP contribution in [0.4, 0.5) is 4.39 Å². The minimum atomic E-state index is -0.183. The van der Waals surface area contributed by atoms with Crippen molar-refractivity contribution in [1.29, 1.82) is 0 Å². The zero-order chi connectivity index (χ0) is 11.0. The smallest absolute Gasteiger partial charge is 0.125 e. The zero-order valence-electron chi connectivity index (χ0n) is 9.21. The summed E-state index contributed by atoms with van der Waals surface area (Å²) in [4.78, 5) is 0. The van der Waals surface area contributed by atoms with Crippen molar-refractivity contribution < 1.29 is 4.39 Å². The number of aryl methyl sites for hydroxylation is 3. The Kier molecular flexibility index (Phi) is 2.35. The topological polar surface area (TPSA) is 4.93 Å². The first-order chi connectivity index (χ1) is 7.08. The molecule has 0 radical (unpaired) electrons. The number of benzene rings is 1. The molecule has 2 aromatic rings. The molecule has 0 bridgehead atoms. The molecule has 0 aliphatic carbocycles. The van der Waals surface area contributed by atoms with Crippen LogP contribution in [0.2, 0.25) is 0 Å². The van der Waals surface area contributed by atoms with Gasteiger partial charge in [-0.15, -0.1) is 0 Å². The van der Waals surface area contributed by atoms with E-state index in [1.807, 2.05) is 39.0 Å². The van der Waals surface area contributed by atoms with Crippen LogP contribution in [-0.2, 0) is 0 Å². The molecule has 1 nitrogen and oxygen atoms in total. The Morgan fingerprint density at radius 1 is 0.933 bits per heavy atom. The second-order valence-corrected chi connectivity index (χ2v) is 3.94. The standard InChI is InChI=1S/C13H14FN/c1-9-6-12(14)8-13(7-9)15-10(2)4-5-11(15)3/h4-8H,1-3H3. The van der Waals surface area contributed by atoms with E-state index in [1.54, 1.807) is 6.07 Å². The fraction of sp³-hybridized carbons (Fsp3) is 0.231. The van der Waals surface area contributed by atoms with Gasteiger partial charge in [0.15, 0.2) is 0 Å². The van der Waals surface area contributed by atoms with Crippen LogP contribution in [-0.4, -0.2) is 4.57 Å². The molecule has 0 saturated heterocycles. The van der Waals surface area contributed by atoms with Crippen LogP contribution in [0.3, 0.4) is 0 Å². The van der Waals surface area contributed by atoms with Crippen molar-refractivity contribution in [3.63, 3.8) is 0 Å². The van der Waals surface area contributed by atoms with Gasteiger partial charge in [-0.1, -0.05) is 0 Å². The van der Waals surface area contributed by atoms with Crippen molar-refractivity contribution in [2.24, 2.45) is 0 Å². The van der Waals surface area contributed by atoms with Gasteiger partial charge in [0.05, 0.1) is 0 Å². The lowest BCUT2D eigenvalue weighted by atomic mass is 10.2. The summed E-state index contributed by atoms with van der Waals surface area (Å²) in [6.07, 6.45) is 0. The van der Waals surface area contributed by atoms with E-state index in [0.717, 1.165) is 22.6 Å². The van der Waals surface area contributed by atoms with Gasteiger partial charge in [0, 0.05) is 17.1 Å². The molecule has 0 amide bonds. The lowest BCUT2D eigenvalue weighted by Gasteiger charge is -2.10. The third-order valence-electron chi connectivity index (χ3n) is 2.56. The summed E-state index contributed by atoms with van der Waals surface area (Å²) in [6, 6.07) is 9.17. The minimum Gasteiger partial charge on any atom is -0.318 e. The van der Waals surface area contributed by atoms with Crippen molar-refractivity contribution in [3.05, 3.63) is 53.1 Å². The van der Waals surface area contributed by atoms with Crippen LogP contribution in [0.25, 0.3) is 5.69 Å². The van der Waals surface area contributed by atoms with Crippen molar-refractivity contribution in [3.8, 4) is 5.69 Å². The lowest BCUT2D eigenvalue weighted by Crippen LogP contribution is -1.99. The number of hydrogen-bond acceptors (Lipinski definition) is 0. The van der Waals surface area contributed by atoms with Crippen molar-refractivity contribution >= 4 is 0 Å². The maximum atomic E-state index is 13.3. The van der Waals surface area contributed by atoms with Crippen LogP contribution in [0.5, 0.6) is 0 Å². The molecular weight excluding hydrogens is 189 g/mol. The molecule has 0 saturated carbocycles. The summed E-state index contributed by atoms with van der Waals surface area (Å²) in [5.74, 6) is -0.183. The highest BCUT2D eigenvalue weighted by molar-refractivity contribution is 5.40. The first-order valence-electron chi connectivity index (χ1n) is 5.00. The number of nitrogens with zero attached hydrogens (tertiary/aromatic N) is 1. The van der Waals surface area contributed by atoms with Gasteiger partial charge in [-0.25, -0.2) is 4.39 Å². The van der Waals surface area contributed by atoms with E-state index in [2.05, 4.69) is 4.57 Å². The molecule has 0 fully saturated rings. The molecule has 0 spiro atoms. The van der Waals surface area contributed by atoms with Crippen LogP contribution in [0, 0.1) is 26.6 Å². The third-order valence-corrected chi connectivity index (χ3v) is 2.56. The third kappa shape index (κ3) is 1.80. The van der Waals surface area contributed by atoms with Crippen molar-refractivity contribution in [2.45, 2.75) is 20.8 Å². The molecule has 2 rings (SSSR count). The van der Waals surface area contributed by atoms with E-state index in [4.69, 9.17) is 0 Å². The number of halogens is 1. The Bertz CT molecular complexity index is 457. The van der Waals surface area contributed by atoms with E-state index in [-0.39, 0.29) is 5.82 Å². The SMILES string of the molecule is Cc1cc(F)cc(-n2c(C)ccc2C)c1. The molecular formula is C13H14FN. The molecule has 15 heavy (non-hydrogen) atoms. The predicted octanol–water partition coefficient (Wildman–Crippen LogP) is 3.54. The molecule has 0 N–H and O–H groups in total. The summed E-state index contributed by atoms with van der Waals surface area (Å²) in [7, 11) is 0. The molecule has 0 aliphatic rings. The van der Waals surface area contributed by atoms with Gasteiger partial charge in [0.25, 0.3) is 0 Å². The largest absolute Gasteiger partial charge is 0.318 e. The number of aromatic nitrogens is 1. The summed E-state index contributed by atoms with van der Waals surface area (Å²) >= 11 is 0. The Morgan fingerprint density at radius 3 is 2.07 bits per heavy atom. The monoisotopic (exact) mass is 203 g/mol. The van der Waals surface area contributed by atoms with Gasteiger partial charge in [-0.3, -0.25) is 0 Å². The molecule has 0 unspecified atom stereocenters. The molecule has 1 heterocycles. The summed E-state index contributed by atoms with van der Waals surface area (Å²) in [5.41, 5.74) is 4.08. The fourth-order valence-electron chi connectivity index (χ4n) is 1.92.